The van der Waals surface area contributed by atoms with Crippen LogP contribution >= 0.6 is 11.9 Å². The van der Waals surface area contributed by atoms with Gasteiger partial charge in [-0.05, 0) is 62.2 Å². The van der Waals surface area contributed by atoms with Crippen molar-refractivity contribution in [2.75, 3.05) is 13.6 Å². The minimum Gasteiger partial charge on any atom is -0.388 e. The third-order valence-electron chi connectivity index (χ3n) is 5.73. The number of amides is 1. The van der Waals surface area contributed by atoms with E-state index >= 15 is 4.39 Å². The Bertz CT molecular complexity index is 1190. The standard InChI is InChI=1S/C23H27FN6O3S.CH5N/c1-13-3-4-14(2)15(7-13)8-22-27-21(12-31)28-30(22)20-6-5-17(10-18(20)24)34-29-23(32)19-9-16(33-25)11-26-19;1-2/h3-7,10,16,19,26,31H,8-9,11-12,25H2,1-2H3,(H,29,32);2H2,1H3/t16?,19-;/m0./s1. The molecule has 2 aromatic carbocycles. The molecule has 1 saturated heterocycles. The van der Waals surface area contributed by atoms with E-state index in [4.69, 9.17) is 10.7 Å². The van der Waals surface area contributed by atoms with Crippen molar-refractivity contribution < 1.29 is 19.1 Å². The van der Waals surface area contributed by atoms with Crippen LogP contribution in [0.2, 0.25) is 0 Å². The predicted octanol–water partition coefficient (Wildman–Crippen LogP) is 1.43. The van der Waals surface area contributed by atoms with Gasteiger partial charge in [0.05, 0.1) is 12.1 Å². The lowest BCUT2D eigenvalue weighted by atomic mass is 10.0. The van der Waals surface area contributed by atoms with E-state index in [1.54, 1.807) is 12.1 Å². The van der Waals surface area contributed by atoms with Gasteiger partial charge in [0, 0.05) is 24.3 Å². The van der Waals surface area contributed by atoms with E-state index in [1.807, 2.05) is 26.0 Å². The maximum Gasteiger partial charge on any atom is 0.247 e. The topological polar surface area (TPSA) is 153 Å². The third kappa shape index (κ3) is 6.66. The van der Waals surface area contributed by atoms with Crippen molar-refractivity contribution in [3.63, 3.8) is 0 Å². The molecule has 0 radical (unpaired) electrons. The smallest absolute Gasteiger partial charge is 0.247 e. The fourth-order valence-corrected chi connectivity index (χ4v) is 4.50. The monoisotopic (exact) mass is 517 g/mol. The van der Waals surface area contributed by atoms with Gasteiger partial charge < -0.3 is 16.2 Å². The van der Waals surface area contributed by atoms with E-state index in [9.17, 15) is 9.90 Å². The molecule has 194 valence electrons. The van der Waals surface area contributed by atoms with Crippen LogP contribution in [0.25, 0.3) is 5.69 Å². The van der Waals surface area contributed by atoms with Gasteiger partial charge in [0.15, 0.2) is 5.82 Å². The molecule has 1 fully saturated rings. The summed E-state index contributed by atoms with van der Waals surface area (Å²) < 4.78 is 19.3. The second-order valence-corrected chi connectivity index (χ2v) is 9.14. The SMILES string of the molecule is CN.Cc1ccc(C)c(Cc2nc(CO)nn2-c2ccc(SNC(=O)[C@@H]3CC(ON)CN3)cc2F)c1. The Kier molecular flexibility index (Phi) is 9.93. The zero-order chi connectivity index (χ0) is 26.2. The van der Waals surface area contributed by atoms with Crippen LogP contribution in [-0.4, -0.2) is 51.5 Å². The Balaban J connectivity index is 0.00000176. The molecule has 1 unspecified atom stereocenters. The average Bonchev–Trinajstić information content (AvgIpc) is 3.53. The number of hydrogen-bond acceptors (Lipinski definition) is 9. The van der Waals surface area contributed by atoms with E-state index in [-0.39, 0.29) is 30.1 Å². The number of nitrogens with two attached hydrogens (primary N) is 2. The van der Waals surface area contributed by atoms with E-state index in [0.29, 0.717) is 30.1 Å². The molecule has 1 aromatic heterocycles. The fourth-order valence-electron chi connectivity index (χ4n) is 3.84. The maximum atomic E-state index is 15.1. The van der Waals surface area contributed by atoms with E-state index < -0.39 is 11.9 Å². The normalized spacial score (nSPS) is 17.0. The van der Waals surface area contributed by atoms with Gasteiger partial charge in [-0.2, -0.15) is 0 Å². The predicted molar refractivity (Wildman–Crippen MR) is 136 cm³/mol. The molecule has 0 saturated carbocycles. The Labute approximate surface area is 213 Å². The summed E-state index contributed by atoms with van der Waals surface area (Å²) in [7, 11) is 1.50. The van der Waals surface area contributed by atoms with Gasteiger partial charge in [-0.25, -0.2) is 20.0 Å². The Morgan fingerprint density at radius 1 is 1.31 bits per heavy atom. The molecule has 1 aliphatic rings. The number of carbonyl (C=O) groups is 1. The number of hydrogen-bond donors (Lipinski definition) is 5. The highest BCUT2D eigenvalue weighted by atomic mass is 32.2. The number of nitrogens with zero attached hydrogens (tertiary/aromatic N) is 3. The number of aromatic nitrogens is 3. The summed E-state index contributed by atoms with van der Waals surface area (Å²) in [6.07, 6.45) is 0.703. The van der Waals surface area contributed by atoms with Crippen LogP contribution in [0.3, 0.4) is 0 Å². The molecule has 3 aromatic rings. The van der Waals surface area contributed by atoms with Crippen LogP contribution in [0.4, 0.5) is 4.39 Å². The minimum absolute atomic E-state index is 0.207. The van der Waals surface area contributed by atoms with Gasteiger partial charge in [-0.3, -0.25) is 14.4 Å². The number of aryl methyl sites for hydroxylation is 2. The number of halogens is 1. The molecule has 12 heteroatoms. The van der Waals surface area contributed by atoms with Crippen LogP contribution in [0.5, 0.6) is 0 Å². The quantitative estimate of drug-likeness (QED) is 0.221. The first-order valence-corrected chi connectivity index (χ1v) is 12.2. The number of rotatable bonds is 8. The molecule has 36 heavy (non-hydrogen) atoms. The summed E-state index contributed by atoms with van der Waals surface area (Å²) in [4.78, 5) is 22.0. The molecule has 4 rings (SSSR count). The van der Waals surface area contributed by atoms with Crippen LogP contribution in [-0.2, 0) is 22.7 Å². The lowest BCUT2D eigenvalue weighted by molar-refractivity contribution is -0.121. The second-order valence-electron chi connectivity index (χ2n) is 8.26. The van der Waals surface area contributed by atoms with Crippen molar-refractivity contribution in [1.29, 1.82) is 0 Å². The van der Waals surface area contributed by atoms with E-state index in [2.05, 4.69) is 31.9 Å². The number of nitrogens with one attached hydrogen (secondary N) is 2. The molecule has 2 atom stereocenters. The Morgan fingerprint density at radius 2 is 2.08 bits per heavy atom. The molecule has 2 heterocycles. The zero-order valence-corrected chi connectivity index (χ0v) is 21.3. The molecule has 0 bridgehead atoms. The largest absolute Gasteiger partial charge is 0.388 e. The second kappa shape index (κ2) is 12.9. The van der Waals surface area contributed by atoms with Gasteiger partial charge in [0.2, 0.25) is 5.91 Å². The summed E-state index contributed by atoms with van der Waals surface area (Å²) in [5, 5.41) is 16.9. The highest BCUT2D eigenvalue weighted by Crippen LogP contribution is 2.24. The first kappa shape index (κ1) is 27.7. The zero-order valence-electron chi connectivity index (χ0n) is 20.5. The van der Waals surface area contributed by atoms with Crippen LogP contribution < -0.4 is 21.7 Å². The van der Waals surface area contributed by atoms with Crippen LogP contribution in [0, 0.1) is 19.7 Å². The summed E-state index contributed by atoms with van der Waals surface area (Å²) in [6.45, 7) is 4.17. The number of benzene rings is 2. The first-order valence-electron chi connectivity index (χ1n) is 11.4. The summed E-state index contributed by atoms with van der Waals surface area (Å²) >= 11 is 1.03. The molecule has 1 amide bonds. The van der Waals surface area contributed by atoms with Gasteiger partial charge in [0.1, 0.15) is 23.9 Å². The van der Waals surface area contributed by atoms with Crippen molar-refractivity contribution in [2.24, 2.45) is 11.6 Å². The number of aliphatic hydroxyl groups is 1. The summed E-state index contributed by atoms with van der Waals surface area (Å²) in [6, 6.07) is 10.3. The Morgan fingerprint density at radius 3 is 2.75 bits per heavy atom. The Hall–Kier alpha value is -2.87. The van der Waals surface area contributed by atoms with Crippen LogP contribution in [0.15, 0.2) is 41.3 Å². The lowest BCUT2D eigenvalue weighted by Gasteiger charge is -2.12. The highest BCUT2D eigenvalue weighted by Gasteiger charge is 2.29. The van der Waals surface area contributed by atoms with Crippen molar-refractivity contribution in [1.82, 2.24) is 24.8 Å². The van der Waals surface area contributed by atoms with Crippen LogP contribution in [0.1, 0.15) is 34.8 Å². The van der Waals surface area contributed by atoms with Crippen molar-refractivity contribution in [3.8, 4) is 5.69 Å². The molecule has 0 spiro atoms. The minimum atomic E-state index is -0.522. The maximum absolute atomic E-state index is 15.1. The first-order chi connectivity index (χ1) is 17.4. The van der Waals surface area contributed by atoms with Gasteiger partial charge in [-0.1, -0.05) is 23.8 Å². The van der Waals surface area contributed by atoms with Crippen molar-refractivity contribution in [2.45, 2.75) is 50.3 Å². The summed E-state index contributed by atoms with van der Waals surface area (Å²) in [5.41, 5.74) is 7.97. The summed E-state index contributed by atoms with van der Waals surface area (Å²) in [5.74, 6) is 5.16. The van der Waals surface area contributed by atoms with Gasteiger partial charge >= 0.3 is 0 Å². The molecule has 10 nitrogen and oxygen atoms in total. The third-order valence-corrected chi connectivity index (χ3v) is 6.52. The van der Waals surface area contributed by atoms with E-state index in [0.717, 1.165) is 28.6 Å². The van der Waals surface area contributed by atoms with E-state index in [1.165, 1.54) is 17.8 Å². The molecule has 7 N–H and O–H groups in total. The molecule has 0 aliphatic carbocycles. The van der Waals surface area contributed by atoms with Crippen molar-refractivity contribution >= 4 is 17.9 Å². The fraction of sp³-hybridized carbons (Fsp3) is 0.375. The van der Waals surface area contributed by atoms with Crippen molar-refractivity contribution in [3.05, 3.63) is 70.6 Å². The number of carbonyl (C=O) groups excluding carboxylic acids is 1. The molecule has 1 aliphatic heterocycles. The average molecular weight is 518 g/mol. The molecular weight excluding hydrogens is 485 g/mol. The van der Waals surface area contributed by atoms with Gasteiger partial charge in [0.25, 0.3) is 0 Å². The number of aliphatic hydroxyl groups excluding tert-OH is 1. The molecular formula is C24H32FN7O3S. The lowest BCUT2D eigenvalue weighted by Crippen LogP contribution is -2.37. The van der Waals surface area contributed by atoms with Gasteiger partial charge in [-0.15, -0.1) is 5.10 Å². The highest BCUT2D eigenvalue weighted by molar-refractivity contribution is 7.98.